The Labute approximate surface area is 198 Å². The summed E-state index contributed by atoms with van der Waals surface area (Å²) >= 11 is 6.09. The summed E-state index contributed by atoms with van der Waals surface area (Å²) in [6.07, 6.45) is 1.82. The maximum atomic E-state index is 13.3. The van der Waals surface area contributed by atoms with Crippen LogP contribution in [-0.2, 0) is 21.3 Å². The van der Waals surface area contributed by atoms with Gasteiger partial charge < -0.3 is 24.0 Å². The number of halogens is 1. The molecule has 3 heterocycles. The van der Waals surface area contributed by atoms with Gasteiger partial charge in [0.15, 0.2) is 0 Å². The molecule has 0 spiro atoms. The zero-order valence-corrected chi connectivity index (χ0v) is 19.7. The molecule has 4 rings (SSSR count). The van der Waals surface area contributed by atoms with Crippen molar-refractivity contribution in [1.29, 1.82) is 0 Å². The van der Waals surface area contributed by atoms with Crippen LogP contribution in [0.4, 0.5) is 0 Å². The number of morpholine rings is 2. The lowest BCUT2D eigenvalue weighted by Crippen LogP contribution is -2.58. The summed E-state index contributed by atoms with van der Waals surface area (Å²) in [5.74, 6) is 0.408. The molecule has 33 heavy (non-hydrogen) atoms. The minimum absolute atomic E-state index is 0.0418. The molecule has 2 aliphatic rings. The lowest BCUT2D eigenvalue weighted by atomic mass is 9.96. The topological polar surface area (TPSA) is 86.1 Å². The minimum atomic E-state index is -0.984. The Hall–Kier alpha value is -2.62. The van der Waals surface area contributed by atoms with Crippen LogP contribution in [0.3, 0.4) is 0 Å². The van der Waals surface area contributed by atoms with E-state index < -0.39 is 5.60 Å². The number of benzene rings is 1. The monoisotopic (exact) mass is 476 g/mol. The Morgan fingerprint density at radius 3 is 2.64 bits per heavy atom. The van der Waals surface area contributed by atoms with Crippen LogP contribution in [-0.4, -0.2) is 89.6 Å². The number of rotatable bonds is 6. The Morgan fingerprint density at radius 2 is 1.94 bits per heavy atom. The molecule has 0 radical (unpaired) electrons. The molecule has 2 aliphatic heterocycles. The molecule has 9 nitrogen and oxygen atoms in total. The van der Waals surface area contributed by atoms with E-state index in [1.807, 2.05) is 6.92 Å². The third kappa shape index (κ3) is 5.66. The first kappa shape index (κ1) is 23.5. The Morgan fingerprint density at radius 1 is 1.18 bits per heavy atom. The second kappa shape index (κ2) is 10.1. The van der Waals surface area contributed by atoms with Gasteiger partial charge in [-0.25, -0.2) is 0 Å². The normalized spacial score (nSPS) is 21.2. The maximum absolute atomic E-state index is 13.3. The molecule has 0 unspecified atom stereocenters. The van der Waals surface area contributed by atoms with Crippen molar-refractivity contribution in [1.82, 2.24) is 19.6 Å². The van der Waals surface area contributed by atoms with E-state index in [0.717, 1.165) is 0 Å². The van der Waals surface area contributed by atoms with Gasteiger partial charge in [-0.3, -0.25) is 14.3 Å². The molecule has 1 aromatic carbocycles. The number of hydrogen-bond donors (Lipinski definition) is 0. The second-order valence-corrected chi connectivity index (χ2v) is 8.91. The molecule has 2 saturated heterocycles. The predicted molar refractivity (Wildman–Crippen MR) is 121 cm³/mol. The maximum Gasteiger partial charge on any atom is 0.257 e. The van der Waals surface area contributed by atoms with Gasteiger partial charge in [0, 0.05) is 37.9 Å². The Bertz CT molecular complexity index is 1010. The van der Waals surface area contributed by atoms with Gasteiger partial charge in [-0.15, -0.1) is 0 Å². The van der Waals surface area contributed by atoms with Gasteiger partial charge in [0.1, 0.15) is 18.0 Å². The first-order chi connectivity index (χ1) is 15.8. The second-order valence-electron chi connectivity index (χ2n) is 8.48. The van der Waals surface area contributed by atoms with Gasteiger partial charge in [-0.05, 0) is 25.1 Å². The van der Waals surface area contributed by atoms with Gasteiger partial charge >= 0.3 is 0 Å². The quantitative estimate of drug-likeness (QED) is 0.633. The number of aryl methyl sites for hydroxylation is 2. The first-order valence-corrected chi connectivity index (χ1v) is 11.4. The summed E-state index contributed by atoms with van der Waals surface area (Å²) in [5.41, 5.74) is 0.226. The fourth-order valence-electron chi connectivity index (χ4n) is 4.22. The summed E-state index contributed by atoms with van der Waals surface area (Å²) in [7, 11) is 1.78. The van der Waals surface area contributed by atoms with Crippen LogP contribution in [0.5, 0.6) is 5.75 Å². The zero-order valence-electron chi connectivity index (χ0n) is 19.0. The molecule has 0 N–H and O–H groups in total. The van der Waals surface area contributed by atoms with Crippen LogP contribution in [0.2, 0.25) is 5.02 Å². The van der Waals surface area contributed by atoms with Gasteiger partial charge in [0.25, 0.3) is 5.91 Å². The summed E-state index contributed by atoms with van der Waals surface area (Å²) < 4.78 is 19.2. The molecule has 1 aromatic heterocycles. The molecule has 0 aliphatic carbocycles. The van der Waals surface area contributed by atoms with Gasteiger partial charge in [0.2, 0.25) is 5.91 Å². The fraction of sp³-hybridized carbons (Fsp3) is 0.522. The van der Waals surface area contributed by atoms with Gasteiger partial charge in [-0.1, -0.05) is 17.7 Å². The zero-order chi connectivity index (χ0) is 23.4. The molecule has 2 amide bonds. The van der Waals surface area contributed by atoms with E-state index in [2.05, 4.69) is 5.10 Å². The number of nitrogens with zero attached hydrogens (tertiary/aromatic N) is 4. The minimum Gasteiger partial charge on any atom is -0.490 e. The number of ether oxygens (including phenoxy) is 3. The molecule has 0 saturated carbocycles. The lowest BCUT2D eigenvalue weighted by Gasteiger charge is -2.43. The molecule has 2 aromatic rings. The largest absolute Gasteiger partial charge is 0.490 e. The van der Waals surface area contributed by atoms with Crippen molar-refractivity contribution >= 4 is 23.4 Å². The average molecular weight is 477 g/mol. The van der Waals surface area contributed by atoms with Crippen LogP contribution < -0.4 is 4.74 Å². The molecule has 0 bridgehead atoms. The number of carbonyl (C=O) groups excluding carboxylic acids is 2. The third-order valence-electron chi connectivity index (χ3n) is 5.91. The summed E-state index contributed by atoms with van der Waals surface area (Å²) in [5, 5.41) is 4.84. The highest BCUT2D eigenvalue weighted by atomic mass is 35.5. The van der Waals surface area contributed by atoms with E-state index in [1.165, 1.54) is 0 Å². The van der Waals surface area contributed by atoms with Crippen molar-refractivity contribution in [3.05, 3.63) is 46.7 Å². The van der Waals surface area contributed by atoms with Crippen molar-refractivity contribution in [3.63, 3.8) is 0 Å². The highest BCUT2D eigenvalue weighted by Crippen LogP contribution is 2.27. The fourth-order valence-corrected chi connectivity index (χ4v) is 4.40. The van der Waals surface area contributed by atoms with E-state index in [4.69, 9.17) is 25.8 Å². The van der Waals surface area contributed by atoms with E-state index in [0.29, 0.717) is 61.5 Å². The number of aromatic nitrogens is 2. The smallest absolute Gasteiger partial charge is 0.257 e. The van der Waals surface area contributed by atoms with Crippen molar-refractivity contribution in [2.75, 3.05) is 52.6 Å². The van der Waals surface area contributed by atoms with Crippen LogP contribution in [0.25, 0.3) is 0 Å². The predicted octanol–water partition coefficient (Wildman–Crippen LogP) is 1.92. The van der Waals surface area contributed by atoms with Crippen LogP contribution in [0.1, 0.15) is 22.5 Å². The number of carbonyl (C=O) groups is 2. The SMILES string of the molecule is Cc1nn(C)cc1C(=O)N1CCO[C@](COc2cccc(Cl)c2)(CC(=O)N2CCOCC2)C1. The van der Waals surface area contributed by atoms with Crippen LogP contribution >= 0.6 is 11.6 Å². The molecular formula is C23H29ClN4O5. The van der Waals surface area contributed by atoms with E-state index in [-0.39, 0.29) is 31.4 Å². The van der Waals surface area contributed by atoms with E-state index in [1.54, 1.807) is 52.0 Å². The van der Waals surface area contributed by atoms with Crippen LogP contribution in [0.15, 0.2) is 30.5 Å². The van der Waals surface area contributed by atoms with Gasteiger partial charge in [0.05, 0.1) is 44.0 Å². The summed E-state index contributed by atoms with van der Waals surface area (Å²) in [4.78, 5) is 29.9. The molecular weight excluding hydrogens is 448 g/mol. The highest BCUT2D eigenvalue weighted by Gasteiger charge is 2.43. The summed E-state index contributed by atoms with van der Waals surface area (Å²) in [6.45, 7) is 5.01. The lowest BCUT2D eigenvalue weighted by molar-refractivity contribution is -0.155. The molecule has 1 atom stereocenters. The average Bonchev–Trinajstić information content (AvgIpc) is 3.16. The Kier molecular flexibility index (Phi) is 7.21. The highest BCUT2D eigenvalue weighted by molar-refractivity contribution is 6.30. The molecule has 178 valence electrons. The molecule has 2 fully saturated rings. The van der Waals surface area contributed by atoms with Crippen molar-refractivity contribution in [3.8, 4) is 5.75 Å². The number of amides is 2. The van der Waals surface area contributed by atoms with E-state index >= 15 is 0 Å². The number of hydrogen-bond acceptors (Lipinski definition) is 6. The standard InChI is InChI=1S/C23H29ClN4O5/c1-17-20(14-26(2)25-17)22(30)28-8-11-33-23(15-28,13-21(29)27-6-9-31-10-7-27)16-32-19-5-3-4-18(24)12-19/h3-5,12,14H,6-11,13,15-16H2,1-2H3/t23-/m1/s1. The molecule has 10 heteroatoms. The first-order valence-electron chi connectivity index (χ1n) is 11.0. The van der Waals surface area contributed by atoms with Crippen molar-refractivity contribution < 1.29 is 23.8 Å². The van der Waals surface area contributed by atoms with Crippen LogP contribution in [0, 0.1) is 6.92 Å². The van der Waals surface area contributed by atoms with Gasteiger partial charge in [-0.2, -0.15) is 5.10 Å². The summed E-state index contributed by atoms with van der Waals surface area (Å²) in [6, 6.07) is 7.07. The van der Waals surface area contributed by atoms with Crippen molar-refractivity contribution in [2.45, 2.75) is 18.9 Å². The van der Waals surface area contributed by atoms with E-state index in [9.17, 15) is 9.59 Å². The third-order valence-corrected chi connectivity index (χ3v) is 6.15. The Balaban J connectivity index is 1.54. The van der Waals surface area contributed by atoms with Crippen molar-refractivity contribution in [2.24, 2.45) is 7.05 Å².